The molecule has 2 atom stereocenters. The summed E-state index contributed by atoms with van der Waals surface area (Å²) < 4.78 is 0. The highest BCUT2D eigenvalue weighted by Gasteiger charge is 2.29. The van der Waals surface area contributed by atoms with Gasteiger partial charge in [-0.05, 0) is 31.8 Å². The number of hydrogen-bond donors (Lipinski definition) is 2. The van der Waals surface area contributed by atoms with Gasteiger partial charge in [-0.15, -0.1) is 20.4 Å². The van der Waals surface area contributed by atoms with Crippen molar-refractivity contribution in [1.29, 1.82) is 0 Å². The average molecular weight is 459 g/mol. The quantitative estimate of drug-likeness (QED) is 0.619. The Kier molecular flexibility index (Phi) is 8.06. The summed E-state index contributed by atoms with van der Waals surface area (Å²) in [6.07, 6.45) is 7.90. The third kappa shape index (κ3) is 5.88. The second-order valence-corrected chi connectivity index (χ2v) is 10.2. The van der Waals surface area contributed by atoms with Crippen LogP contribution in [-0.4, -0.2) is 56.2 Å². The largest absolute Gasteiger partial charge is 0.300 e. The van der Waals surface area contributed by atoms with Gasteiger partial charge in [-0.3, -0.25) is 20.2 Å². The Bertz CT molecular complexity index is 746. The monoisotopic (exact) mass is 458 g/mol. The molecule has 2 aromatic rings. The van der Waals surface area contributed by atoms with E-state index in [1.807, 2.05) is 12.5 Å². The Hall–Kier alpha value is -1.24. The summed E-state index contributed by atoms with van der Waals surface area (Å²) in [7, 11) is 0. The second-order valence-electron chi connectivity index (χ2n) is 6.41. The Balaban J connectivity index is 1.60. The summed E-state index contributed by atoms with van der Waals surface area (Å²) in [4.78, 5) is 23.4. The van der Waals surface area contributed by atoms with Gasteiger partial charge in [0.25, 0.3) is 0 Å². The third-order valence-electron chi connectivity index (χ3n) is 4.30. The molecule has 1 aliphatic carbocycles. The van der Waals surface area contributed by atoms with Gasteiger partial charge in [-0.25, -0.2) is 0 Å². The van der Waals surface area contributed by atoms with Crippen LogP contribution in [0.5, 0.6) is 0 Å². The van der Waals surface area contributed by atoms with Crippen LogP contribution in [0.4, 0.5) is 10.3 Å². The van der Waals surface area contributed by atoms with Crippen molar-refractivity contribution in [2.75, 3.05) is 34.7 Å². The first kappa shape index (κ1) is 21.5. The van der Waals surface area contributed by atoms with Gasteiger partial charge < -0.3 is 0 Å². The van der Waals surface area contributed by atoms with Gasteiger partial charge in [0.15, 0.2) is 0 Å². The Morgan fingerprint density at radius 3 is 1.79 bits per heavy atom. The normalized spacial score (nSPS) is 19.4. The molecule has 0 saturated heterocycles. The van der Waals surface area contributed by atoms with Gasteiger partial charge in [-0.2, -0.15) is 23.5 Å². The summed E-state index contributed by atoms with van der Waals surface area (Å²) in [5.41, 5.74) is 0. The maximum atomic E-state index is 11.7. The van der Waals surface area contributed by atoms with Crippen molar-refractivity contribution in [2.24, 2.45) is 0 Å². The number of nitrogens with one attached hydrogen (secondary N) is 2. The lowest BCUT2D eigenvalue weighted by atomic mass is 9.82. The molecule has 0 aliphatic heterocycles. The number of aromatic nitrogens is 4. The van der Waals surface area contributed by atoms with Crippen LogP contribution in [0.1, 0.15) is 47.5 Å². The predicted octanol–water partition coefficient (Wildman–Crippen LogP) is 3.43. The molecular weight excluding hydrogens is 436 g/mol. The number of thioether (sulfide) groups is 2. The van der Waals surface area contributed by atoms with E-state index in [-0.39, 0.29) is 11.8 Å². The van der Waals surface area contributed by atoms with E-state index in [1.54, 1.807) is 0 Å². The fourth-order valence-corrected chi connectivity index (χ4v) is 5.59. The van der Waals surface area contributed by atoms with E-state index in [4.69, 9.17) is 0 Å². The van der Waals surface area contributed by atoms with E-state index in [0.29, 0.717) is 33.6 Å². The van der Waals surface area contributed by atoms with E-state index in [0.717, 1.165) is 35.7 Å². The number of nitrogens with zero attached hydrogens (tertiary/aromatic N) is 4. The van der Waals surface area contributed by atoms with Crippen molar-refractivity contribution in [3.63, 3.8) is 0 Å². The molecule has 0 radical (unpaired) electrons. The molecule has 2 aromatic heterocycles. The Morgan fingerprint density at radius 1 is 0.893 bits per heavy atom. The van der Waals surface area contributed by atoms with Crippen LogP contribution in [0.3, 0.4) is 0 Å². The highest BCUT2D eigenvalue weighted by molar-refractivity contribution is 7.99. The van der Waals surface area contributed by atoms with Crippen LogP contribution < -0.4 is 10.6 Å². The highest BCUT2D eigenvalue weighted by Crippen LogP contribution is 2.43. The van der Waals surface area contributed by atoms with Gasteiger partial charge in [0.05, 0.1) is 11.5 Å². The summed E-state index contributed by atoms with van der Waals surface area (Å²) in [5.74, 6) is 1.32. The molecule has 3 rings (SSSR count). The summed E-state index contributed by atoms with van der Waals surface area (Å²) >= 11 is 5.86. The molecular formula is C16H22N6O2S4. The fraction of sp³-hybridized carbons (Fsp3) is 0.625. The van der Waals surface area contributed by atoms with Crippen LogP contribution in [0.15, 0.2) is 0 Å². The Morgan fingerprint density at radius 2 is 1.36 bits per heavy atom. The molecule has 0 bridgehead atoms. The van der Waals surface area contributed by atoms with Crippen LogP contribution in [0.25, 0.3) is 0 Å². The zero-order valence-corrected chi connectivity index (χ0v) is 18.9. The molecule has 12 heteroatoms. The van der Waals surface area contributed by atoms with Crippen molar-refractivity contribution in [2.45, 2.75) is 37.5 Å². The molecule has 0 spiro atoms. The van der Waals surface area contributed by atoms with Gasteiger partial charge in [0, 0.05) is 11.8 Å². The molecule has 8 nitrogen and oxygen atoms in total. The van der Waals surface area contributed by atoms with Crippen LogP contribution in [0, 0.1) is 0 Å². The molecule has 1 aliphatic rings. The lowest BCUT2D eigenvalue weighted by Gasteiger charge is -2.25. The van der Waals surface area contributed by atoms with E-state index in [9.17, 15) is 9.59 Å². The number of carbonyl (C=O) groups excluding carboxylic acids is 2. The molecule has 0 unspecified atom stereocenters. The first-order valence-corrected chi connectivity index (χ1v) is 13.3. The topological polar surface area (TPSA) is 110 Å². The third-order valence-corrected chi connectivity index (χ3v) is 7.40. The fourth-order valence-electron chi connectivity index (χ4n) is 3.11. The van der Waals surface area contributed by atoms with Crippen LogP contribution in [-0.2, 0) is 9.59 Å². The van der Waals surface area contributed by atoms with Crippen molar-refractivity contribution in [3.8, 4) is 0 Å². The van der Waals surface area contributed by atoms with Crippen molar-refractivity contribution >= 4 is 68.3 Å². The van der Waals surface area contributed by atoms with Crippen molar-refractivity contribution in [1.82, 2.24) is 20.4 Å². The highest BCUT2D eigenvalue weighted by atomic mass is 32.2. The van der Waals surface area contributed by atoms with Gasteiger partial charge >= 0.3 is 0 Å². The standard InChI is InChI=1S/C16H22N6O2S4/c1-25-7-11(23)17-15-21-19-13(27-15)9-4-3-5-10(6-9)14-20-22-16(28-14)18-12(24)8-26-2/h9-10H,3-8H2,1-2H3,(H,17,21,23)(H,18,22,24)/t9-,10-/m0/s1. The summed E-state index contributed by atoms with van der Waals surface area (Å²) in [6, 6.07) is 0. The maximum absolute atomic E-state index is 11.7. The van der Waals surface area contributed by atoms with Crippen molar-refractivity contribution in [3.05, 3.63) is 10.0 Å². The number of anilines is 2. The number of rotatable bonds is 8. The van der Waals surface area contributed by atoms with E-state index >= 15 is 0 Å². The zero-order valence-electron chi connectivity index (χ0n) is 15.6. The maximum Gasteiger partial charge on any atom is 0.236 e. The van der Waals surface area contributed by atoms with Crippen LogP contribution in [0.2, 0.25) is 0 Å². The van der Waals surface area contributed by atoms with Crippen molar-refractivity contribution < 1.29 is 9.59 Å². The smallest absolute Gasteiger partial charge is 0.236 e. The number of carbonyl (C=O) groups is 2. The number of hydrogen-bond acceptors (Lipinski definition) is 10. The molecule has 152 valence electrons. The molecule has 1 saturated carbocycles. The number of amides is 2. The molecule has 2 amide bonds. The molecule has 0 aromatic carbocycles. The first-order valence-electron chi connectivity index (χ1n) is 8.83. The van der Waals surface area contributed by atoms with Gasteiger partial charge in [0.2, 0.25) is 22.1 Å². The van der Waals surface area contributed by atoms with Gasteiger partial charge in [-0.1, -0.05) is 29.1 Å². The lowest BCUT2D eigenvalue weighted by Crippen LogP contribution is -2.13. The second kappa shape index (κ2) is 10.5. The predicted molar refractivity (Wildman–Crippen MR) is 118 cm³/mol. The minimum atomic E-state index is -0.0540. The molecule has 2 N–H and O–H groups in total. The average Bonchev–Trinajstić information content (AvgIpc) is 3.32. The Labute approximate surface area is 180 Å². The summed E-state index contributed by atoms with van der Waals surface area (Å²) in [5, 5.41) is 25.5. The summed E-state index contributed by atoms with van der Waals surface area (Å²) in [6.45, 7) is 0. The SMILES string of the molecule is CSCC(=O)Nc1nnc([C@H]2CCC[C@H](c3nnc(NC(=O)CSC)s3)C2)s1. The van der Waals surface area contributed by atoms with E-state index in [1.165, 1.54) is 46.2 Å². The lowest BCUT2D eigenvalue weighted by molar-refractivity contribution is -0.114. The minimum Gasteiger partial charge on any atom is -0.300 e. The van der Waals surface area contributed by atoms with E-state index in [2.05, 4.69) is 31.0 Å². The van der Waals surface area contributed by atoms with Crippen LogP contribution >= 0.6 is 46.2 Å². The van der Waals surface area contributed by atoms with Gasteiger partial charge in [0.1, 0.15) is 10.0 Å². The first-order chi connectivity index (χ1) is 13.6. The van der Waals surface area contributed by atoms with E-state index < -0.39 is 0 Å². The zero-order chi connectivity index (χ0) is 19.9. The molecule has 2 heterocycles. The minimum absolute atomic E-state index is 0.0540. The molecule has 28 heavy (non-hydrogen) atoms. The molecule has 1 fully saturated rings.